The lowest BCUT2D eigenvalue weighted by molar-refractivity contribution is -0.130. The Labute approximate surface area is 124 Å². The number of carbonyl (C=O) groups is 2. The van der Waals surface area contributed by atoms with Gasteiger partial charge in [0, 0.05) is 24.5 Å². The second-order valence-corrected chi connectivity index (χ2v) is 5.09. The summed E-state index contributed by atoms with van der Waals surface area (Å²) in [6.07, 6.45) is 3.33. The Morgan fingerprint density at radius 2 is 2.00 bits per heavy atom. The molecule has 114 valence electrons. The van der Waals surface area contributed by atoms with E-state index >= 15 is 0 Å². The fourth-order valence-electron chi connectivity index (χ4n) is 2.39. The number of nitrogen functional groups attached to an aromatic ring is 1. The molecule has 1 amide bonds. The van der Waals surface area contributed by atoms with E-state index < -0.39 is 5.97 Å². The third-order valence-electron chi connectivity index (χ3n) is 3.61. The zero-order chi connectivity index (χ0) is 15.2. The molecule has 0 aromatic heterocycles. The molecule has 0 spiro atoms. The van der Waals surface area contributed by atoms with E-state index in [1.165, 1.54) is 13.5 Å². The Morgan fingerprint density at radius 3 is 2.67 bits per heavy atom. The van der Waals surface area contributed by atoms with Crippen LogP contribution in [0.25, 0.3) is 0 Å². The Bertz CT molecular complexity index is 525. The van der Waals surface area contributed by atoms with Crippen molar-refractivity contribution in [2.75, 3.05) is 37.8 Å². The zero-order valence-electron chi connectivity index (χ0n) is 12.2. The van der Waals surface area contributed by atoms with Crippen molar-refractivity contribution in [1.82, 2.24) is 4.90 Å². The van der Waals surface area contributed by atoms with Crippen LogP contribution in [-0.2, 0) is 9.53 Å². The van der Waals surface area contributed by atoms with E-state index in [9.17, 15) is 9.59 Å². The molecule has 6 heteroatoms. The minimum atomic E-state index is -0.487. The maximum atomic E-state index is 12.1. The summed E-state index contributed by atoms with van der Waals surface area (Å²) in [6, 6.07) is 4.97. The number of hydrogen-bond donors (Lipinski definition) is 2. The summed E-state index contributed by atoms with van der Waals surface area (Å²) in [5.41, 5.74) is 7.07. The largest absolute Gasteiger partial charge is 0.465 e. The van der Waals surface area contributed by atoms with E-state index in [1.807, 2.05) is 4.90 Å². The van der Waals surface area contributed by atoms with Gasteiger partial charge in [0.2, 0.25) is 5.91 Å². The van der Waals surface area contributed by atoms with Crippen molar-refractivity contribution in [3.05, 3.63) is 23.8 Å². The van der Waals surface area contributed by atoms with Gasteiger partial charge in [-0.05, 0) is 37.5 Å². The van der Waals surface area contributed by atoms with E-state index in [0.717, 1.165) is 25.9 Å². The Morgan fingerprint density at radius 1 is 1.29 bits per heavy atom. The summed E-state index contributed by atoms with van der Waals surface area (Å²) in [6.45, 7) is 1.87. The minimum absolute atomic E-state index is 0.0751. The van der Waals surface area contributed by atoms with Crippen LogP contribution in [0.5, 0.6) is 0 Å². The smallest absolute Gasteiger partial charge is 0.340 e. The maximum absolute atomic E-state index is 12.1. The monoisotopic (exact) mass is 291 g/mol. The van der Waals surface area contributed by atoms with Crippen molar-refractivity contribution in [2.24, 2.45) is 0 Å². The van der Waals surface area contributed by atoms with Gasteiger partial charge in [-0.2, -0.15) is 0 Å². The van der Waals surface area contributed by atoms with Crippen molar-refractivity contribution in [2.45, 2.75) is 19.3 Å². The number of benzene rings is 1. The molecule has 1 aliphatic rings. The average Bonchev–Trinajstić information content (AvgIpc) is 2.53. The molecule has 0 bridgehead atoms. The molecule has 6 nitrogen and oxygen atoms in total. The summed E-state index contributed by atoms with van der Waals surface area (Å²) in [7, 11) is 1.31. The van der Waals surface area contributed by atoms with E-state index in [-0.39, 0.29) is 12.5 Å². The third kappa shape index (κ3) is 3.87. The molecule has 3 N–H and O–H groups in total. The summed E-state index contributed by atoms with van der Waals surface area (Å²) in [5, 5.41) is 3.03. The molecule has 0 aliphatic carbocycles. The number of carbonyl (C=O) groups excluding carboxylic acids is 2. The van der Waals surface area contributed by atoms with E-state index in [0.29, 0.717) is 16.9 Å². The highest BCUT2D eigenvalue weighted by atomic mass is 16.5. The molecule has 0 radical (unpaired) electrons. The SMILES string of the molecule is COC(=O)c1cc(NCC(=O)N2CCCCC2)ccc1N. The van der Waals surface area contributed by atoms with Crippen molar-refractivity contribution in [1.29, 1.82) is 0 Å². The van der Waals surface area contributed by atoms with E-state index in [1.54, 1.807) is 18.2 Å². The highest BCUT2D eigenvalue weighted by molar-refractivity contribution is 5.96. The first kappa shape index (κ1) is 15.2. The van der Waals surface area contributed by atoms with Gasteiger partial charge in [0.1, 0.15) is 0 Å². The van der Waals surface area contributed by atoms with Gasteiger partial charge < -0.3 is 20.7 Å². The van der Waals surface area contributed by atoms with Crippen LogP contribution in [0, 0.1) is 0 Å². The van der Waals surface area contributed by atoms with E-state index in [2.05, 4.69) is 10.1 Å². The molecule has 1 aromatic carbocycles. The van der Waals surface area contributed by atoms with Crippen LogP contribution in [0.4, 0.5) is 11.4 Å². The molecule has 0 saturated carbocycles. The molecular weight excluding hydrogens is 270 g/mol. The number of nitrogens with two attached hydrogens (primary N) is 1. The van der Waals surface area contributed by atoms with Gasteiger partial charge >= 0.3 is 5.97 Å². The molecule has 1 fully saturated rings. The minimum Gasteiger partial charge on any atom is -0.465 e. The maximum Gasteiger partial charge on any atom is 0.340 e. The van der Waals surface area contributed by atoms with Gasteiger partial charge in [-0.25, -0.2) is 4.79 Å². The lowest BCUT2D eigenvalue weighted by Gasteiger charge is -2.27. The van der Waals surface area contributed by atoms with Gasteiger partial charge in [0.05, 0.1) is 19.2 Å². The number of methoxy groups -OCH3 is 1. The summed E-state index contributed by atoms with van der Waals surface area (Å²) < 4.78 is 4.67. The van der Waals surface area contributed by atoms with Gasteiger partial charge in [0.25, 0.3) is 0 Å². The Balaban J connectivity index is 1.96. The molecule has 1 saturated heterocycles. The second-order valence-electron chi connectivity index (χ2n) is 5.09. The first-order valence-corrected chi connectivity index (χ1v) is 7.11. The lowest BCUT2D eigenvalue weighted by atomic mass is 10.1. The number of amides is 1. The Kier molecular flexibility index (Phi) is 5.03. The molecule has 2 rings (SSSR count). The highest BCUT2D eigenvalue weighted by Crippen LogP contribution is 2.19. The van der Waals surface area contributed by atoms with Crippen LogP contribution in [0.1, 0.15) is 29.6 Å². The first-order valence-electron chi connectivity index (χ1n) is 7.11. The fraction of sp³-hybridized carbons (Fsp3) is 0.467. The fourth-order valence-corrected chi connectivity index (χ4v) is 2.39. The van der Waals surface area contributed by atoms with Crippen LogP contribution in [0.3, 0.4) is 0 Å². The third-order valence-corrected chi connectivity index (χ3v) is 3.61. The number of anilines is 2. The molecule has 1 heterocycles. The standard InChI is InChI=1S/C15H21N3O3/c1-21-15(20)12-9-11(5-6-13(12)16)17-10-14(19)18-7-3-2-4-8-18/h5-6,9,17H,2-4,7-8,10,16H2,1H3. The number of rotatable bonds is 4. The van der Waals surface area contributed by atoms with Crippen molar-refractivity contribution in [3.63, 3.8) is 0 Å². The molecule has 0 atom stereocenters. The molecule has 21 heavy (non-hydrogen) atoms. The summed E-state index contributed by atoms with van der Waals surface area (Å²) in [5.74, 6) is -0.412. The van der Waals surface area contributed by atoms with Gasteiger partial charge in [0.15, 0.2) is 0 Å². The van der Waals surface area contributed by atoms with Crippen molar-refractivity contribution >= 4 is 23.3 Å². The van der Waals surface area contributed by atoms with Crippen LogP contribution in [0.15, 0.2) is 18.2 Å². The quantitative estimate of drug-likeness (QED) is 0.648. The topological polar surface area (TPSA) is 84.7 Å². The highest BCUT2D eigenvalue weighted by Gasteiger charge is 2.16. The molecular formula is C15H21N3O3. The number of hydrogen-bond acceptors (Lipinski definition) is 5. The van der Waals surface area contributed by atoms with Gasteiger partial charge in [-0.3, -0.25) is 4.79 Å². The first-order chi connectivity index (χ1) is 10.1. The van der Waals surface area contributed by atoms with Gasteiger partial charge in [-0.1, -0.05) is 0 Å². The number of piperidine rings is 1. The van der Waals surface area contributed by atoms with Gasteiger partial charge in [-0.15, -0.1) is 0 Å². The lowest BCUT2D eigenvalue weighted by Crippen LogP contribution is -2.39. The number of ether oxygens (including phenoxy) is 1. The number of esters is 1. The summed E-state index contributed by atoms with van der Waals surface area (Å²) in [4.78, 5) is 25.5. The van der Waals surface area contributed by atoms with Crippen LogP contribution in [-0.4, -0.2) is 43.5 Å². The van der Waals surface area contributed by atoms with E-state index in [4.69, 9.17) is 5.73 Å². The normalized spacial score (nSPS) is 14.6. The average molecular weight is 291 g/mol. The number of nitrogens with one attached hydrogen (secondary N) is 1. The molecule has 1 aromatic rings. The molecule has 1 aliphatic heterocycles. The number of nitrogens with zero attached hydrogens (tertiary/aromatic N) is 1. The predicted molar refractivity (Wildman–Crippen MR) is 81.1 cm³/mol. The summed E-state index contributed by atoms with van der Waals surface area (Å²) >= 11 is 0. The van der Waals surface area contributed by atoms with Crippen LogP contribution < -0.4 is 11.1 Å². The van der Waals surface area contributed by atoms with Crippen molar-refractivity contribution in [3.8, 4) is 0 Å². The number of likely N-dealkylation sites (tertiary alicyclic amines) is 1. The molecule has 0 unspecified atom stereocenters. The van der Waals surface area contributed by atoms with Crippen LogP contribution in [0.2, 0.25) is 0 Å². The zero-order valence-corrected chi connectivity index (χ0v) is 12.2. The second kappa shape index (κ2) is 6.97. The van der Waals surface area contributed by atoms with Crippen LogP contribution >= 0.6 is 0 Å². The Hall–Kier alpha value is -2.24. The van der Waals surface area contributed by atoms with Crippen molar-refractivity contribution < 1.29 is 14.3 Å². The predicted octanol–water partition coefficient (Wildman–Crippen LogP) is 1.48.